The molecule has 0 saturated carbocycles. The molecule has 1 heterocycles. The number of rotatable bonds is 5. The van der Waals surface area contributed by atoms with Gasteiger partial charge in [-0.2, -0.15) is 0 Å². The molecule has 1 atom stereocenters. The van der Waals surface area contributed by atoms with Crippen LogP contribution < -0.4 is 9.47 Å². The predicted molar refractivity (Wildman–Crippen MR) is 98.4 cm³/mol. The highest BCUT2D eigenvalue weighted by Gasteiger charge is 2.30. The molecule has 1 amide bonds. The number of hydrogen-bond acceptors (Lipinski definition) is 3. The number of hydrogen-bond donors (Lipinski definition) is 0. The minimum Gasteiger partial charge on any atom is -0.497 e. The minimum atomic E-state index is 0.00710. The SMILES string of the molecule is COc1ccc([C@H]2CCCN2C(=O)COc2ccc(Cl)cc2C)cc1. The van der Waals surface area contributed by atoms with Crippen molar-refractivity contribution in [1.29, 1.82) is 0 Å². The Morgan fingerprint density at radius 2 is 2.00 bits per heavy atom. The van der Waals surface area contributed by atoms with Gasteiger partial charge < -0.3 is 14.4 Å². The van der Waals surface area contributed by atoms with Gasteiger partial charge in [-0.05, 0) is 61.2 Å². The highest BCUT2D eigenvalue weighted by atomic mass is 35.5. The van der Waals surface area contributed by atoms with Crippen LogP contribution in [0.1, 0.15) is 30.0 Å². The van der Waals surface area contributed by atoms with E-state index in [2.05, 4.69) is 0 Å². The van der Waals surface area contributed by atoms with Crippen LogP contribution in [0.25, 0.3) is 0 Å². The summed E-state index contributed by atoms with van der Waals surface area (Å²) in [5.74, 6) is 1.52. The van der Waals surface area contributed by atoms with E-state index in [9.17, 15) is 4.79 Å². The number of benzene rings is 2. The lowest BCUT2D eigenvalue weighted by molar-refractivity contribution is -0.134. The Balaban J connectivity index is 1.65. The molecule has 2 aromatic carbocycles. The summed E-state index contributed by atoms with van der Waals surface area (Å²) in [4.78, 5) is 14.6. The Hall–Kier alpha value is -2.20. The Kier molecular flexibility index (Phi) is 5.49. The third-order valence-electron chi connectivity index (χ3n) is 4.56. The van der Waals surface area contributed by atoms with Crippen molar-refractivity contribution in [2.45, 2.75) is 25.8 Å². The lowest BCUT2D eigenvalue weighted by Crippen LogP contribution is -2.34. The van der Waals surface area contributed by atoms with Gasteiger partial charge in [0.05, 0.1) is 13.2 Å². The van der Waals surface area contributed by atoms with Crippen molar-refractivity contribution in [2.75, 3.05) is 20.3 Å². The zero-order chi connectivity index (χ0) is 17.8. The number of likely N-dealkylation sites (tertiary alicyclic amines) is 1. The number of carbonyl (C=O) groups excluding carboxylic acids is 1. The Bertz CT molecular complexity index is 745. The third-order valence-corrected chi connectivity index (χ3v) is 4.80. The molecule has 1 fully saturated rings. The van der Waals surface area contributed by atoms with Gasteiger partial charge in [0.1, 0.15) is 11.5 Å². The topological polar surface area (TPSA) is 38.8 Å². The molecule has 1 aliphatic heterocycles. The van der Waals surface area contributed by atoms with Crippen LogP contribution in [0.5, 0.6) is 11.5 Å². The van der Waals surface area contributed by atoms with E-state index in [1.165, 1.54) is 0 Å². The summed E-state index contributed by atoms with van der Waals surface area (Å²) in [7, 11) is 1.65. The molecule has 1 saturated heterocycles. The number of aryl methyl sites for hydroxylation is 1. The number of amides is 1. The van der Waals surface area contributed by atoms with E-state index < -0.39 is 0 Å². The van der Waals surface area contributed by atoms with E-state index >= 15 is 0 Å². The second kappa shape index (κ2) is 7.79. The first kappa shape index (κ1) is 17.6. The normalized spacial score (nSPS) is 16.8. The summed E-state index contributed by atoms with van der Waals surface area (Å²) in [6.45, 7) is 2.72. The largest absolute Gasteiger partial charge is 0.497 e. The molecule has 0 spiro atoms. The van der Waals surface area contributed by atoms with Crippen LogP contribution >= 0.6 is 11.6 Å². The van der Waals surface area contributed by atoms with E-state index in [4.69, 9.17) is 21.1 Å². The molecule has 132 valence electrons. The summed E-state index contributed by atoms with van der Waals surface area (Å²) in [5, 5.41) is 0.662. The van der Waals surface area contributed by atoms with Gasteiger partial charge in [0.15, 0.2) is 6.61 Å². The number of ether oxygens (including phenoxy) is 2. The van der Waals surface area contributed by atoms with Crippen molar-refractivity contribution in [3.63, 3.8) is 0 Å². The second-order valence-electron chi connectivity index (χ2n) is 6.22. The van der Waals surface area contributed by atoms with Gasteiger partial charge in [-0.15, -0.1) is 0 Å². The number of halogens is 1. The lowest BCUT2D eigenvalue weighted by atomic mass is 10.0. The lowest BCUT2D eigenvalue weighted by Gasteiger charge is -2.25. The molecule has 5 heteroatoms. The summed E-state index contributed by atoms with van der Waals surface area (Å²) in [6, 6.07) is 13.4. The maximum Gasteiger partial charge on any atom is 0.261 e. The number of nitrogens with zero attached hydrogens (tertiary/aromatic N) is 1. The fourth-order valence-electron chi connectivity index (χ4n) is 3.24. The van der Waals surface area contributed by atoms with Crippen LogP contribution in [0.15, 0.2) is 42.5 Å². The van der Waals surface area contributed by atoms with Gasteiger partial charge in [0, 0.05) is 11.6 Å². The Morgan fingerprint density at radius 1 is 1.24 bits per heavy atom. The van der Waals surface area contributed by atoms with E-state index in [0.29, 0.717) is 10.8 Å². The molecule has 0 aromatic heterocycles. The van der Waals surface area contributed by atoms with Crippen molar-refractivity contribution in [2.24, 2.45) is 0 Å². The van der Waals surface area contributed by atoms with Crippen molar-refractivity contribution >= 4 is 17.5 Å². The smallest absolute Gasteiger partial charge is 0.261 e. The van der Waals surface area contributed by atoms with Gasteiger partial charge >= 0.3 is 0 Å². The van der Waals surface area contributed by atoms with Crippen LogP contribution in [-0.4, -0.2) is 31.1 Å². The Labute approximate surface area is 153 Å². The van der Waals surface area contributed by atoms with Crippen molar-refractivity contribution in [3.05, 3.63) is 58.6 Å². The molecular formula is C20H22ClNO3. The fraction of sp³-hybridized carbons (Fsp3) is 0.350. The average Bonchev–Trinajstić information content (AvgIpc) is 3.10. The monoisotopic (exact) mass is 359 g/mol. The van der Waals surface area contributed by atoms with Gasteiger partial charge in [-0.1, -0.05) is 23.7 Å². The highest BCUT2D eigenvalue weighted by molar-refractivity contribution is 6.30. The zero-order valence-corrected chi connectivity index (χ0v) is 15.3. The first-order chi connectivity index (χ1) is 12.1. The predicted octanol–water partition coefficient (Wildman–Crippen LogP) is 4.40. The molecule has 0 bridgehead atoms. The van der Waals surface area contributed by atoms with Crippen molar-refractivity contribution < 1.29 is 14.3 Å². The molecule has 25 heavy (non-hydrogen) atoms. The zero-order valence-electron chi connectivity index (χ0n) is 14.5. The van der Waals surface area contributed by atoms with Crippen LogP contribution in [0.3, 0.4) is 0 Å². The standard InChI is InChI=1S/C20H22ClNO3/c1-14-12-16(21)7-10-19(14)25-13-20(23)22-11-3-4-18(22)15-5-8-17(24-2)9-6-15/h5-10,12,18H,3-4,11,13H2,1-2H3/t18-/m1/s1. The molecule has 0 radical (unpaired) electrons. The maximum absolute atomic E-state index is 12.7. The molecule has 0 unspecified atom stereocenters. The van der Waals surface area contributed by atoms with Gasteiger partial charge in [0.2, 0.25) is 0 Å². The van der Waals surface area contributed by atoms with Crippen molar-refractivity contribution in [1.82, 2.24) is 4.90 Å². The summed E-state index contributed by atoms with van der Waals surface area (Å²) in [5.41, 5.74) is 2.06. The third kappa shape index (κ3) is 4.07. The molecule has 2 aromatic rings. The first-order valence-electron chi connectivity index (χ1n) is 8.41. The Morgan fingerprint density at radius 3 is 2.68 bits per heavy atom. The molecule has 1 aliphatic rings. The number of carbonyl (C=O) groups is 1. The van der Waals surface area contributed by atoms with Crippen LogP contribution in [0.4, 0.5) is 0 Å². The van der Waals surface area contributed by atoms with E-state index in [1.807, 2.05) is 42.2 Å². The summed E-state index contributed by atoms with van der Waals surface area (Å²) < 4.78 is 10.9. The van der Waals surface area contributed by atoms with Crippen LogP contribution in [0, 0.1) is 6.92 Å². The summed E-state index contributed by atoms with van der Waals surface area (Å²) in [6.07, 6.45) is 1.97. The summed E-state index contributed by atoms with van der Waals surface area (Å²) >= 11 is 5.95. The molecule has 0 aliphatic carbocycles. The van der Waals surface area contributed by atoms with Crippen molar-refractivity contribution in [3.8, 4) is 11.5 Å². The minimum absolute atomic E-state index is 0.00710. The van der Waals surface area contributed by atoms with E-state index in [-0.39, 0.29) is 18.6 Å². The van der Waals surface area contributed by atoms with Crippen LogP contribution in [-0.2, 0) is 4.79 Å². The average molecular weight is 360 g/mol. The number of methoxy groups -OCH3 is 1. The highest BCUT2D eigenvalue weighted by Crippen LogP contribution is 2.33. The molecular weight excluding hydrogens is 338 g/mol. The van der Waals surface area contributed by atoms with Gasteiger partial charge in [-0.25, -0.2) is 0 Å². The van der Waals surface area contributed by atoms with Gasteiger partial charge in [-0.3, -0.25) is 4.79 Å². The molecule has 0 N–H and O–H groups in total. The van der Waals surface area contributed by atoms with Gasteiger partial charge in [0.25, 0.3) is 5.91 Å². The quantitative estimate of drug-likeness (QED) is 0.794. The molecule has 3 rings (SSSR count). The van der Waals surface area contributed by atoms with E-state index in [0.717, 1.165) is 36.3 Å². The van der Waals surface area contributed by atoms with Crippen LogP contribution in [0.2, 0.25) is 5.02 Å². The first-order valence-corrected chi connectivity index (χ1v) is 8.78. The second-order valence-corrected chi connectivity index (χ2v) is 6.65. The maximum atomic E-state index is 12.7. The van der Waals surface area contributed by atoms with E-state index in [1.54, 1.807) is 19.2 Å². The fourth-order valence-corrected chi connectivity index (χ4v) is 3.46. The molecule has 4 nitrogen and oxygen atoms in total.